The van der Waals surface area contributed by atoms with Gasteiger partial charge in [-0.1, -0.05) is 11.6 Å². The summed E-state index contributed by atoms with van der Waals surface area (Å²) >= 11 is 5.78. The Bertz CT molecular complexity index is 655. The van der Waals surface area contributed by atoms with Gasteiger partial charge in [0.2, 0.25) is 0 Å². The fourth-order valence-electron chi connectivity index (χ4n) is 2.32. The lowest BCUT2D eigenvalue weighted by molar-refractivity contribution is -0.144. The van der Waals surface area contributed by atoms with E-state index < -0.39 is 5.82 Å². The molecule has 3 rings (SSSR count). The maximum atomic E-state index is 14.0. The number of aromatic nitrogens is 2. The molecule has 1 saturated carbocycles. The highest BCUT2D eigenvalue weighted by molar-refractivity contribution is 6.31. The number of fused-ring (bicyclic) bond motifs is 1. The lowest BCUT2D eigenvalue weighted by atomic mass is 10.2. The van der Waals surface area contributed by atoms with Crippen LogP contribution in [0.4, 0.5) is 4.39 Å². The van der Waals surface area contributed by atoms with E-state index in [0.29, 0.717) is 24.2 Å². The molecule has 0 bridgehead atoms. The number of pyridine rings is 1. The van der Waals surface area contributed by atoms with Crippen molar-refractivity contribution in [3.63, 3.8) is 0 Å². The van der Waals surface area contributed by atoms with Gasteiger partial charge in [0, 0.05) is 12.1 Å². The molecule has 0 aromatic carbocycles. The van der Waals surface area contributed by atoms with Crippen LogP contribution in [0.15, 0.2) is 18.6 Å². The van der Waals surface area contributed by atoms with Crippen LogP contribution in [-0.4, -0.2) is 22.0 Å². The molecule has 0 radical (unpaired) electrons. The monoisotopic (exact) mass is 282 g/mol. The van der Waals surface area contributed by atoms with Crippen molar-refractivity contribution in [3.8, 4) is 0 Å². The highest BCUT2D eigenvalue weighted by Gasteiger charge is 2.47. The summed E-state index contributed by atoms with van der Waals surface area (Å²) in [5, 5.41) is 0.0579. The SMILES string of the molecule is CCOC(=O)C1C[C@@H]1c1ncn2ccc(Cl)c(F)c12. The minimum atomic E-state index is -0.494. The minimum Gasteiger partial charge on any atom is -0.466 e. The lowest BCUT2D eigenvalue weighted by Crippen LogP contribution is -2.07. The van der Waals surface area contributed by atoms with Crippen LogP contribution in [-0.2, 0) is 9.53 Å². The Morgan fingerprint density at radius 2 is 2.47 bits per heavy atom. The van der Waals surface area contributed by atoms with Crippen molar-refractivity contribution < 1.29 is 13.9 Å². The zero-order valence-corrected chi connectivity index (χ0v) is 11.0. The molecule has 1 aliphatic carbocycles. The third-order valence-corrected chi connectivity index (χ3v) is 3.64. The third kappa shape index (κ3) is 1.98. The van der Waals surface area contributed by atoms with E-state index in [9.17, 15) is 9.18 Å². The summed E-state index contributed by atoms with van der Waals surface area (Å²) in [5.74, 6) is -1.02. The van der Waals surface area contributed by atoms with E-state index >= 15 is 0 Å². The summed E-state index contributed by atoms with van der Waals surface area (Å²) in [6.07, 6.45) is 3.83. The van der Waals surface area contributed by atoms with E-state index in [1.807, 2.05) is 0 Å². The van der Waals surface area contributed by atoms with E-state index in [-0.39, 0.29) is 22.8 Å². The zero-order chi connectivity index (χ0) is 13.6. The highest BCUT2D eigenvalue weighted by atomic mass is 35.5. The number of carbonyl (C=O) groups is 1. The molecule has 0 spiro atoms. The van der Waals surface area contributed by atoms with Gasteiger partial charge in [0.25, 0.3) is 0 Å². The number of imidazole rings is 1. The smallest absolute Gasteiger partial charge is 0.309 e. The Labute approximate surface area is 114 Å². The lowest BCUT2D eigenvalue weighted by Gasteiger charge is -2.02. The van der Waals surface area contributed by atoms with Crippen LogP contribution in [0.25, 0.3) is 5.52 Å². The number of rotatable bonds is 3. The maximum absolute atomic E-state index is 14.0. The van der Waals surface area contributed by atoms with Crippen LogP contribution in [0.5, 0.6) is 0 Å². The molecule has 0 saturated heterocycles. The van der Waals surface area contributed by atoms with Crippen molar-refractivity contribution in [1.29, 1.82) is 0 Å². The van der Waals surface area contributed by atoms with Crippen LogP contribution >= 0.6 is 11.6 Å². The van der Waals surface area contributed by atoms with Gasteiger partial charge in [-0.05, 0) is 19.4 Å². The molecule has 6 heteroatoms. The number of nitrogens with zero attached hydrogens (tertiary/aromatic N) is 2. The second kappa shape index (κ2) is 4.49. The van der Waals surface area contributed by atoms with Crippen molar-refractivity contribution >= 4 is 23.1 Å². The van der Waals surface area contributed by atoms with Gasteiger partial charge in [-0.25, -0.2) is 9.37 Å². The normalized spacial score (nSPS) is 21.6. The number of halogens is 2. The van der Waals surface area contributed by atoms with E-state index in [1.165, 1.54) is 12.4 Å². The molecular weight excluding hydrogens is 271 g/mol. The average Bonchev–Trinajstić information content (AvgIpc) is 3.07. The largest absolute Gasteiger partial charge is 0.466 e. The second-order valence-corrected chi connectivity index (χ2v) is 4.97. The molecule has 2 atom stereocenters. The predicted octanol–water partition coefficient (Wildman–Crippen LogP) is 2.79. The summed E-state index contributed by atoms with van der Waals surface area (Å²) in [6.45, 7) is 2.12. The first-order valence-electron chi connectivity index (χ1n) is 6.10. The topological polar surface area (TPSA) is 43.6 Å². The molecule has 100 valence electrons. The van der Waals surface area contributed by atoms with Crippen molar-refractivity contribution in [2.24, 2.45) is 5.92 Å². The molecule has 19 heavy (non-hydrogen) atoms. The molecular formula is C13H12ClFN2O2. The number of ether oxygens (including phenoxy) is 1. The van der Waals surface area contributed by atoms with Gasteiger partial charge in [0.05, 0.1) is 29.6 Å². The van der Waals surface area contributed by atoms with E-state index in [2.05, 4.69) is 4.98 Å². The van der Waals surface area contributed by atoms with E-state index in [4.69, 9.17) is 16.3 Å². The van der Waals surface area contributed by atoms with Crippen molar-refractivity contribution in [2.75, 3.05) is 6.61 Å². The third-order valence-electron chi connectivity index (χ3n) is 3.35. The van der Waals surface area contributed by atoms with Crippen molar-refractivity contribution in [2.45, 2.75) is 19.3 Å². The van der Waals surface area contributed by atoms with Crippen LogP contribution in [0.2, 0.25) is 5.02 Å². The van der Waals surface area contributed by atoms with Gasteiger partial charge in [0.1, 0.15) is 5.52 Å². The van der Waals surface area contributed by atoms with Gasteiger partial charge in [-0.2, -0.15) is 0 Å². The van der Waals surface area contributed by atoms with Crippen LogP contribution < -0.4 is 0 Å². The first-order chi connectivity index (χ1) is 9.13. The molecule has 2 heterocycles. The number of esters is 1. The van der Waals surface area contributed by atoms with Gasteiger partial charge in [-0.3, -0.25) is 4.79 Å². The predicted molar refractivity (Wildman–Crippen MR) is 67.6 cm³/mol. The fraction of sp³-hybridized carbons (Fsp3) is 0.385. The van der Waals surface area contributed by atoms with Crippen LogP contribution in [0.1, 0.15) is 25.0 Å². The van der Waals surface area contributed by atoms with Crippen LogP contribution in [0.3, 0.4) is 0 Å². The first kappa shape index (κ1) is 12.4. The van der Waals surface area contributed by atoms with E-state index in [1.54, 1.807) is 17.5 Å². The van der Waals surface area contributed by atoms with Crippen molar-refractivity contribution in [1.82, 2.24) is 9.38 Å². The summed E-state index contributed by atoms with van der Waals surface area (Å²) in [5.41, 5.74) is 0.933. The summed E-state index contributed by atoms with van der Waals surface area (Å²) in [7, 11) is 0. The molecule has 1 unspecified atom stereocenters. The van der Waals surface area contributed by atoms with E-state index in [0.717, 1.165) is 0 Å². The number of carbonyl (C=O) groups excluding carboxylic acids is 1. The Morgan fingerprint density at radius 3 is 3.21 bits per heavy atom. The zero-order valence-electron chi connectivity index (χ0n) is 10.3. The molecule has 0 N–H and O–H groups in total. The molecule has 0 amide bonds. The highest BCUT2D eigenvalue weighted by Crippen LogP contribution is 2.49. The standard InChI is InChI=1S/C13H12ClFN2O2/c1-2-19-13(18)8-5-7(8)11-12-10(15)9(14)3-4-17(12)6-16-11/h3-4,6-8H,2,5H2,1H3/t7-,8?/m0/s1. The quantitative estimate of drug-likeness (QED) is 0.813. The van der Waals surface area contributed by atoms with Gasteiger partial charge in [-0.15, -0.1) is 0 Å². The molecule has 1 fully saturated rings. The van der Waals surface area contributed by atoms with Gasteiger partial charge >= 0.3 is 5.97 Å². The molecule has 2 aromatic heterocycles. The maximum Gasteiger partial charge on any atom is 0.309 e. The second-order valence-electron chi connectivity index (χ2n) is 4.56. The van der Waals surface area contributed by atoms with Crippen LogP contribution in [0, 0.1) is 11.7 Å². The average molecular weight is 283 g/mol. The first-order valence-corrected chi connectivity index (χ1v) is 6.48. The summed E-state index contributed by atoms with van der Waals surface area (Å²) in [4.78, 5) is 15.8. The Hall–Kier alpha value is -1.62. The summed E-state index contributed by atoms with van der Waals surface area (Å²) < 4.78 is 20.6. The number of hydrogen-bond donors (Lipinski definition) is 0. The molecule has 0 aliphatic heterocycles. The molecule has 2 aromatic rings. The Morgan fingerprint density at radius 1 is 1.68 bits per heavy atom. The number of hydrogen-bond acceptors (Lipinski definition) is 3. The summed E-state index contributed by atoms with van der Waals surface area (Å²) in [6, 6.07) is 1.48. The van der Waals surface area contributed by atoms with Gasteiger partial charge in [0.15, 0.2) is 5.82 Å². The molecule has 1 aliphatic rings. The molecule has 4 nitrogen and oxygen atoms in total. The van der Waals surface area contributed by atoms with Gasteiger partial charge < -0.3 is 9.14 Å². The Kier molecular flexibility index (Phi) is 2.93. The Balaban J connectivity index is 1.95. The van der Waals surface area contributed by atoms with Crippen molar-refractivity contribution in [3.05, 3.63) is 35.1 Å². The minimum absolute atomic E-state index is 0.0579. The fourth-order valence-corrected chi connectivity index (χ4v) is 2.47.